The minimum absolute atomic E-state index is 0.0143. The van der Waals surface area contributed by atoms with Crippen molar-refractivity contribution in [1.82, 2.24) is 4.57 Å². The van der Waals surface area contributed by atoms with Crippen LogP contribution in [0, 0.1) is 0 Å². The molecule has 0 aliphatic carbocycles. The number of benzene rings is 2. The minimum Gasteiger partial charge on any atom is -0.271 e. The largest absolute Gasteiger partial charge is 0.271 e. The van der Waals surface area contributed by atoms with Gasteiger partial charge in [0.05, 0.1) is 10.5 Å². The van der Waals surface area contributed by atoms with E-state index in [4.69, 9.17) is 0 Å². The fourth-order valence-electron chi connectivity index (χ4n) is 2.89. The van der Waals surface area contributed by atoms with Crippen molar-refractivity contribution in [2.45, 2.75) is 11.4 Å². The highest BCUT2D eigenvalue weighted by Crippen LogP contribution is 2.29. The van der Waals surface area contributed by atoms with Crippen LogP contribution >= 0.6 is 11.8 Å². The molecule has 3 aromatic rings. The highest BCUT2D eigenvalue weighted by atomic mass is 32.2. The van der Waals surface area contributed by atoms with Crippen LogP contribution < -0.4 is 0 Å². The zero-order valence-electron chi connectivity index (χ0n) is 12.0. The van der Waals surface area contributed by atoms with Crippen molar-refractivity contribution >= 4 is 34.6 Å². The fraction of sp³-hybridized carbons (Fsp3) is 0.105. The first-order valence-electron chi connectivity index (χ1n) is 7.36. The molecule has 22 heavy (non-hydrogen) atoms. The predicted octanol–water partition coefficient (Wildman–Crippen LogP) is 4.64. The van der Waals surface area contributed by atoms with Gasteiger partial charge in [-0.15, -0.1) is 11.8 Å². The lowest BCUT2D eigenvalue weighted by Gasteiger charge is -2.11. The topological polar surface area (TPSA) is 22.0 Å². The highest BCUT2D eigenvalue weighted by molar-refractivity contribution is 7.99. The van der Waals surface area contributed by atoms with E-state index in [9.17, 15) is 4.79 Å². The van der Waals surface area contributed by atoms with E-state index in [-0.39, 0.29) is 5.91 Å². The summed E-state index contributed by atoms with van der Waals surface area (Å²) < 4.78 is 1.82. The summed E-state index contributed by atoms with van der Waals surface area (Å²) in [5, 5.41) is 2.14. The van der Waals surface area contributed by atoms with Crippen LogP contribution in [0.5, 0.6) is 0 Å². The molecule has 0 spiro atoms. The summed E-state index contributed by atoms with van der Waals surface area (Å²) >= 11 is 1.75. The average Bonchev–Trinajstić information content (AvgIpc) is 2.92. The van der Waals surface area contributed by atoms with Crippen molar-refractivity contribution in [3.05, 3.63) is 71.8 Å². The van der Waals surface area contributed by atoms with Gasteiger partial charge in [-0.2, -0.15) is 0 Å². The first kappa shape index (κ1) is 13.4. The Hall–Kier alpha value is -2.26. The number of carbonyl (C=O) groups is 1. The van der Waals surface area contributed by atoms with E-state index in [0.717, 1.165) is 33.7 Å². The smallest absolute Gasteiger partial charge is 0.255 e. The van der Waals surface area contributed by atoms with Gasteiger partial charge in [0, 0.05) is 17.2 Å². The maximum atomic E-state index is 12.7. The zero-order valence-corrected chi connectivity index (χ0v) is 12.8. The molecule has 0 bridgehead atoms. The quantitative estimate of drug-likeness (QED) is 0.603. The van der Waals surface area contributed by atoms with Crippen molar-refractivity contribution < 1.29 is 4.79 Å². The van der Waals surface area contributed by atoms with Crippen LogP contribution in [0.15, 0.2) is 65.7 Å². The Morgan fingerprint density at radius 1 is 0.955 bits per heavy atom. The monoisotopic (exact) mass is 305 g/mol. The molecule has 108 valence electrons. The third-order valence-corrected chi connectivity index (χ3v) is 4.98. The third kappa shape index (κ3) is 2.28. The molecule has 0 atom stereocenters. The number of carbonyl (C=O) groups excluding carboxylic acids is 1. The normalized spacial score (nSPS) is 16.1. The predicted molar refractivity (Wildman–Crippen MR) is 92.5 cm³/mol. The molecule has 0 radical (unpaired) electrons. The first-order chi connectivity index (χ1) is 10.8. The number of para-hydroxylation sites is 1. The van der Waals surface area contributed by atoms with Gasteiger partial charge in [-0.05, 0) is 35.8 Å². The van der Waals surface area contributed by atoms with Crippen LogP contribution in [0.3, 0.4) is 0 Å². The molecule has 4 rings (SSSR count). The maximum Gasteiger partial charge on any atom is 0.255 e. The lowest BCUT2D eigenvalue weighted by molar-refractivity contribution is 0.0966. The number of aromatic nitrogens is 1. The summed E-state index contributed by atoms with van der Waals surface area (Å²) in [7, 11) is 0. The molecule has 2 aromatic carbocycles. The van der Waals surface area contributed by atoms with E-state index in [1.54, 1.807) is 17.8 Å². The number of aryl methyl sites for hydroxylation is 1. The van der Waals surface area contributed by atoms with Crippen LogP contribution in [0.2, 0.25) is 0 Å². The standard InChI is InChI=1S/C19H15NOS/c21-18-10-9-14-5-1-2-6-15(14)11-12-22-19-13-16-7-3-4-8-17(16)20(18)19/h1-10,13H,11-12H2/b10-9-. The van der Waals surface area contributed by atoms with E-state index in [1.807, 2.05) is 34.9 Å². The molecule has 2 nitrogen and oxygen atoms in total. The molecule has 0 saturated carbocycles. The molecule has 0 amide bonds. The molecule has 1 aliphatic heterocycles. The van der Waals surface area contributed by atoms with Gasteiger partial charge in [0.2, 0.25) is 0 Å². The Morgan fingerprint density at radius 3 is 2.73 bits per heavy atom. The number of rotatable bonds is 0. The number of fused-ring (bicyclic) bond motifs is 4. The van der Waals surface area contributed by atoms with Crippen LogP contribution in [0.25, 0.3) is 17.0 Å². The third-order valence-electron chi connectivity index (χ3n) is 3.98. The van der Waals surface area contributed by atoms with E-state index in [0.29, 0.717) is 0 Å². The Morgan fingerprint density at radius 2 is 1.77 bits per heavy atom. The number of thioether (sulfide) groups is 1. The molecule has 2 heterocycles. The lowest BCUT2D eigenvalue weighted by Crippen LogP contribution is -2.09. The maximum absolute atomic E-state index is 12.7. The Kier molecular flexibility index (Phi) is 3.35. The van der Waals surface area contributed by atoms with E-state index in [2.05, 4.69) is 30.3 Å². The zero-order chi connectivity index (χ0) is 14.9. The number of nitrogens with zero attached hydrogens (tertiary/aromatic N) is 1. The van der Waals surface area contributed by atoms with Gasteiger partial charge in [0.15, 0.2) is 0 Å². The summed E-state index contributed by atoms with van der Waals surface area (Å²) in [6.45, 7) is 0. The Balaban J connectivity index is 1.86. The highest BCUT2D eigenvalue weighted by Gasteiger charge is 2.15. The SMILES string of the molecule is O=C1/C=C\c2ccccc2CCSc2cc3ccccc3n21. The first-order valence-corrected chi connectivity index (χ1v) is 8.35. The second kappa shape index (κ2) is 5.50. The molecule has 0 fully saturated rings. The van der Waals surface area contributed by atoms with Gasteiger partial charge in [0.25, 0.3) is 5.91 Å². The van der Waals surface area contributed by atoms with Crippen molar-refractivity contribution in [1.29, 1.82) is 0 Å². The van der Waals surface area contributed by atoms with Crippen LogP contribution in [0.4, 0.5) is 0 Å². The van der Waals surface area contributed by atoms with Gasteiger partial charge in [-0.25, -0.2) is 0 Å². The Labute approximate surface area is 133 Å². The number of allylic oxidation sites excluding steroid dienone is 1. The summed E-state index contributed by atoms with van der Waals surface area (Å²) in [5.74, 6) is 0.981. The average molecular weight is 305 g/mol. The molecule has 1 aromatic heterocycles. The van der Waals surface area contributed by atoms with E-state index < -0.39 is 0 Å². The van der Waals surface area contributed by atoms with Gasteiger partial charge < -0.3 is 0 Å². The summed E-state index contributed by atoms with van der Waals surface area (Å²) in [6.07, 6.45) is 4.62. The Bertz CT molecular complexity index is 891. The van der Waals surface area contributed by atoms with E-state index in [1.165, 1.54) is 5.56 Å². The second-order valence-electron chi connectivity index (χ2n) is 5.35. The van der Waals surface area contributed by atoms with E-state index >= 15 is 0 Å². The van der Waals surface area contributed by atoms with Gasteiger partial charge >= 0.3 is 0 Å². The molecular weight excluding hydrogens is 290 g/mol. The molecule has 1 aliphatic rings. The van der Waals surface area contributed by atoms with Crippen LogP contribution in [-0.2, 0) is 6.42 Å². The van der Waals surface area contributed by atoms with Gasteiger partial charge in [0.1, 0.15) is 0 Å². The van der Waals surface area contributed by atoms with Crippen molar-refractivity contribution in [3.63, 3.8) is 0 Å². The van der Waals surface area contributed by atoms with Crippen molar-refractivity contribution in [3.8, 4) is 0 Å². The van der Waals surface area contributed by atoms with Crippen molar-refractivity contribution in [2.24, 2.45) is 0 Å². The number of hydrogen-bond donors (Lipinski definition) is 0. The molecule has 0 N–H and O–H groups in total. The summed E-state index contributed by atoms with van der Waals surface area (Å²) in [6, 6.07) is 18.4. The molecule has 0 unspecified atom stereocenters. The summed E-state index contributed by atoms with van der Waals surface area (Å²) in [5.41, 5.74) is 3.41. The van der Waals surface area contributed by atoms with Crippen LogP contribution in [0.1, 0.15) is 15.9 Å². The lowest BCUT2D eigenvalue weighted by atomic mass is 10.0. The second-order valence-corrected chi connectivity index (χ2v) is 6.46. The molecular formula is C19H15NOS. The molecule has 3 heteroatoms. The van der Waals surface area contributed by atoms with Gasteiger partial charge in [-0.3, -0.25) is 9.36 Å². The van der Waals surface area contributed by atoms with Crippen LogP contribution in [-0.4, -0.2) is 16.2 Å². The van der Waals surface area contributed by atoms with Crippen molar-refractivity contribution in [2.75, 3.05) is 5.75 Å². The fourth-order valence-corrected chi connectivity index (χ4v) is 3.95. The number of hydrogen-bond acceptors (Lipinski definition) is 2. The van der Waals surface area contributed by atoms with Gasteiger partial charge in [-0.1, -0.05) is 42.5 Å². The molecule has 0 saturated heterocycles. The minimum atomic E-state index is 0.0143. The summed E-state index contributed by atoms with van der Waals surface area (Å²) in [4.78, 5) is 12.7.